The molecule has 2 aromatic carbocycles. The smallest absolute Gasteiger partial charge is 0.526 e. The molecule has 13 heteroatoms. The number of carbonyl (C=O) groups is 3. The van der Waals surface area contributed by atoms with Crippen LogP contribution in [-0.4, -0.2) is 50.8 Å². The Morgan fingerprint density at radius 3 is 2.63 bits per heavy atom. The summed E-state index contributed by atoms with van der Waals surface area (Å²) < 4.78 is 5.55. The fraction of sp³-hybridized carbons (Fsp3) is 0.160. The second-order valence-corrected chi connectivity index (χ2v) is 9.25. The molecule has 5 N–H and O–H groups in total. The van der Waals surface area contributed by atoms with Crippen molar-refractivity contribution >= 4 is 53.1 Å². The number of aliphatic carboxylic acids is 1. The number of nitrogen functional groups attached to an aromatic ring is 1. The van der Waals surface area contributed by atoms with Crippen molar-refractivity contribution in [2.24, 2.45) is 5.16 Å². The maximum Gasteiger partial charge on any atom is 0.526 e. The fourth-order valence-electron chi connectivity index (χ4n) is 3.95. The molecule has 0 fully saturated rings. The highest BCUT2D eigenvalue weighted by Crippen LogP contribution is 2.38. The van der Waals surface area contributed by atoms with Crippen LogP contribution >= 0.6 is 11.3 Å². The van der Waals surface area contributed by atoms with Gasteiger partial charge in [0, 0.05) is 23.7 Å². The van der Waals surface area contributed by atoms with E-state index in [1.54, 1.807) is 11.4 Å². The number of oxime groups is 1. The lowest BCUT2D eigenvalue weighted by atomic mass is 9.64. The second-order valence-electron chi connectivity index (χ2n) is 8.36. The number of anilines is 1. The van der Waals surface area contributed by atoms with Crippen LogP contribution in [0.3, 0.4) is 0 Å². The van der Waals surface area contributed by atoms with Gasteiger partial charge >= 0.3 is 19.1 Å². The molecule has 0 aliphatic carbocycles. The maximum atomic E-state index is 13.3. The number of aromatic carboxylic acids is 1. The van der Waals surface area contributed by atoms with Crippen LogP contribution in [0.25, 0.3) is 6.08 Å². The predicted octanol–water partition coefficient (Wildman–Crippen LogP) is 2.89. The summed E-state index contributed by atoms with van der Waals surface area (Å²) in [4.78, 5) is 45.6. The Kier molecular flexibility index (Phi) is 8.19. The van der Waals surface area contributed by atoms with Crippen LogP contribution in [0.1, 0.15) is 39.2 Å². The average Bonchev–Trinajstić information content (AvgIpc) is 3.31. The van der Waals surface area contributed by atoms with Crippen molar-refractivity contribution in [1.82, 2.24) is 4.98 Å². The van der Waals surface area contributed by atoms with E-state index >= 15 is 0 Å². The number of fused-ring (bicyclic) bond motifs is 1. The Balaban J connectivity index is 1.56. The molecule has 0 amide bonds. The monoisotopic (exact) mass is 535 g/mol. The third-order valence-corrected chi connectivity index (χ3v) is 6.39. The quantitative estimate of drug-likeness (QED) is 0.130. The highest BCUT2D eigenvalue weighted by molar-refractivity contribution is 7.13. The van der Waals surface area contributed by atoms with Crippen LogP contribution in [0.5, 0.6) is 5.75 Å². The normalized spacial score (nSPS) is 15.1. The molecule has 38 heavy (non-hydrogen) atoms. The topological polar surface area (TPSA) is 182 Å². The number of ketones is 1. The molecule has 0 spiro atoms. The summed E-state index contributed by atoms with van der Waals surface area (Å²) in [6, 6.07) is 12.3. The van der Waals surface area contributed by atoms with E-state index in [9.17, 15) is 24.5 Å². The molecule has 4 rings (SSSR count). The van der Waals surface area contributed by atoms with E-state index in [4.69, 9.17) is 20.3 Å². The van der Waals surface area contributed by atoms with Crippen LogP contribution in [0.15, 0.2) is 59.1 Å². The minimum atomic E-state index is -1.50. The van der Waals surface area contributed by atoms with Gasteiger partial charge in [0.2, 0.25) is 0 Å². The zero-order valence-corrected chi connectivity index (χ0v) is 20.6. The van der Waals surface area contributed by atoms with E-state index in [0.29, 0.717) is 5.56 Å². The minimum absolute atomic E-state index is 0.0627. The molecule has 194 valence electrons. The number of carboxylic acids is 2. The first kappa shape index (κ1) is 26.6. The zero-order chi connectivity index (χ0) is 27.2. The van der Waals surface area contributed by atoms with E-state index in [2.05, 4.69) is 10.1 Å². The van der Waals surface area contributed by atoms with Gasteiger partial charge in [0.25, 0.3) is 0 Å². The molecule has 1 atom stereocenters. The molecule has 1 aliphatic heterocycles. The molecule has 0 saturated carbocycles. The Bertz CT molecular complexity index is 1420. The van der Waals surface area contributed by atoms with Gasteiger partial charge in [0.15, 0.2) is 16.6 Å². The van der Waals surface area contributed by atoms with Crippen molar-refractivity contribution < 1.29 is 39.1 Å². The molecule has 0 unspecified atom stereocenters. The molecule has 11 nitrogen and oxygen atoms in total. The van der Waals surface area contributed by atoms with Crippen LogP contribution in [0.4, 0.5) is 5.13 Å². The number of rotatable bonds is 10. The lowest BCUT2D eigenvalue weighted by molar-refractivity contribution is -0.131. The summed E-state index contributed by atoms with van der Waals surface area (Å²) in [5, 5.41) is 35.1. The Morgan fingerprint density at radius 1 is 1.21 bits per heavy atom. The Morgan fingerprint density at radius 2 is 1.97 bits per heavy atom. The van der Waals surface area contributed by atoms with Gasteiger partial charge < -0.3 is 30.5 Å². The number of hydrogen-bond donors (Lipinski definition) is 4. The van der Waals surface area contributed by atoms with Crippen molar-refractivity contribution in [3.63, 3.8) is 0 Å². The van der Waals surface area contributed by atoms with Crippen molar-refractivity contribution in [2.45, 2.75) is 25.3 Å². The van der Waals surface area contributed by atoms with Gasteiger partial charge in [-0.15, -0.1) is 11.3 Å². The van der Waals surface area contributed by atoms with Crippen molar-refractivity contribution in [3.05, 3.63) is 81.9 Å². The standard InChI is InChI=1S/C25H22BN3O8S/c27-25-28-18(13-38-25)22(29-36-12-14-4-2-1-3-5-14)19(30)11-17-10-16-7-6-15(8-9-20(31)32)21(24(33)34)23(16)37-26(17)35/h1-9,13,17,35H,10-12H2,(H2,27,28)(H,31,32)(H,33,34)/b9-8+,29-22-/t17-/m1/s1. The van der Waals surface area contributed by atoms with Crippen LogP contribution in [-0.2, 0) is 27.5 Å². The fourth-order valence-corrected chi connectivity index (χ4v) is 4.50. The van der Waals surface area contributed by atoms with Gasteiger partial charge in [-0.1, -0.05) is 47.6 Å². The molecule has 0 radical (unpaired) electrons. The van der Waals surface area contributed by atoms with E-state index in [1.807, 2.05) is 30.3 Å². The van der Waals surface area contributed by atoms with Crippen molar-refractivity contribution in [2.75, 3.05) is 5.73 Å². The summed E-state index contributed by atoms with van der Waals surface area (Å²) in [5.74, 6) is -3.87. The van der Waals surface area contributed by atoms with Gasteiger partial charge in [0.05, 0.1) is 0 Å². The number of hydrogen-bond acceptors (Lipinski definition) is 10. The Labute approximate surface area is 221 Å². The van der Waals surface area contributed by atoms with E-state index in [1.165, 1.54) is 6.07 Å². The van der Waals surface area contributed by atoms with Crippen LogP contribution < -0.4 is 10.4 Å². The number of aromatic nitrogens is 1. The number of carbonyl (C=O) groups excluding carboxylic acids is 1. The number of benzene rings is 2. The van der Waals surface area contributed by atoms with Gasteiger partial charge in [0.1, 0.15) is 23.6 Å². The third kappa shape index (κ3) is 6.25. The first-order valence-electron chi connectivity index (χ1n) is 11.4. The summed E-state index contributed by atoms with van der Waals surface area (Å²) in [6.07, 6.45) is 1.87. The van der Waals surface area contributed by atoms with E-state index in [-0.39, 0.29) is 52.9 Å². The van der Waals surface area contributed by atoms with Gasteiger partial charge in [-0.2, -0.15) is 0 Å². The first-order chi connectivity index (χ1) is 18.2. The minimum Gasteiger partial charge on any atom is -0.535 e. The predicted molar refractivity (Wildman–Crippen MR) is 140 cm³/mol. The number of Topliss-reactive ketones (excluding diaryl/α,β-unsaturated/α-hetero) is 1. The molecule has 1 aliphatic rings. The highest BCUT2D eigenvalue weighted by Gasteiger charge is 2.39. The number of carboxylic acid groups (broad SMARTS) is 2. The highest BCUT2D eigenvalue weighted by atomic mass is 32.1. The molecular formula is C25H22BN3O8S. The summed E-state index contributed by atoms with van der Waals surface area (Å²) in [7, 11) is -1.50. The zero-order valence-electron chi connectivity index (χ0n) is 19.8. The number of nitrogens with zero attached hydrogens (tertiary/aromatic N) is 2. The van der Waals surface area contributed by atoms with E-state index in [0.717, 1.165) is 29.1 Å². The first-order valence-corrected chi connectivity index (χ1v) is 12.2. The van der Waals surface area contributed by atoms with Gasteiger partial charge in [-0.05, 0) is 29.2 Å². The molecule has 3 aromatic rings. The second kappa shape index (κ2) is 11.7. The van der Waals surface area contributed by atoms with Gasteiger partial charge in [-0.3, -0.25) is 4.79 Å². The third-order valence-electron chi connectivity index (χ3n) is 5.72. The Hall–Kier alpha value is -4.49. The SMILES string of the molecule is Nc1nc(/C(=N/OCc2ccccc2)C(=O)C[C@H]2Cc3ccc(/C=C/C(=O)O)c(C(=O)O)c3OB2O)cs1. The lowest BCUT2D eigenvalue weighted by Crippen LogP contribution is -2.37. The summed E-state index contributed by atoms with van der Waals surface area (Å²) in [5.41, 5.74) is 7.04. The summed E-state index contributed by atoms with van der Waals surface area (Å²) >= 11 is 1.13. The lowest BCUT2D eigenvalue weighted by Gasteiger charge is -2.28. The largest absolute Gasteiger partial charge is 0.535 e. The van der Waals surface area contributed by atoms with Crippen LogP contribution in [0, 0.1) is 0 Å². The van der Waals surface area contributed by atoms with E-state index < -0.39 is 30.7 Å². The number of thiazole rings is 1. The molecule has 2 heterocycles. The number of nitrogens with two attached hydrogens (primary N) is 1. The van der Waals surface area contributed by atoms with Crippen LogP contribution in [0.2, 0.25) is 5.82 Å². The maximum absolute atomic E-state index is 13.3. The molecule has 0 saturated heterocycles. The average molecular weight is 535 g/mol. The molecular weight excluding hydrogens is 513 g/mol. The summed E-state index contributed by atoms with van der Waals surface area (Å²) in [6.45, 7) is 0.121. The molecule has 0 bridgehead atoms. The van der Waals surface area contributed by atoms with Crippen molar-refractivity contribution in [1.29, 1.82) is 0 Å². The molecule has 1 aromatic heterocycles. The van der Waals surface area contributed by atoms with Gasteiger partial charge in [-0.25, -0.2) is 14.6 Å². The van der Waals surface area contributed by atoms with Crippen molar-refractivity contribution in [3.8, 4) is 5.75 Å².